The molecule has 0 aliphatic rings. The molecule has 6 nitrogen and oxygen atoms in total. The summed E-state index contributed by atoms with van der Waals surface area (Å²) < 4.78 is 33.5. The van der Waals surface area contributed by atoms with Crippen LogP contribution in [0.3, 0.4) is 0 Å². The topological polar surface area (TPSA) is 84.5 Å². The van der Waals surface area contributed by atoms with E-state index in [-0.39, 0.29) is 16.4 Å². The van der Waals surface area contributed by atoms with Gasteiger partial charge < -0.3 is 10.1 Å². The maximum atomic E-state index is 12.9. The van der Waals surface area contributed by atoms with Gasteiger partial charge in [0.1, 0.15) is 5.75 Å². The highest BCUT2D eigenvalue weighted by molar-refractivity contribution is 7.92. The number of amides is 1. The molecule has 3 rings (SSSR count). The van der Waals surface area contributed by atoms with Crippen molar-refractivity contribution < 1.29 is 17.9 Å². The van der Waals surface area contributed by atoms with E-state index < -0.39 is 10.0 Å². The van der Waals surface area contributed by atoms with Crippen molar-refractivity contribution in [3.63, 3.8) is 0 Å². The summed E-state index contributed by atoms with van der Waals surface area (Å²) in [6, 6.07) is 17.0. The van der Waals surface area contributed by atoms with Crippen LogP contribution in [0.2, 0.25) is 0 Å². The average Bonchev–Trinajstić information content (AvgIpc) is 2.71. The van der Waals surface area contributed by atoms with Gasteiger partial charge in [0.15, 0.2) is 0 Å². The summed E-state index contributed by atoms with van der Waals surface area (Å²) in [6.45, 7) is 5.53. The molecule has 156 valence electrons. The molecule has 30 heavy (non-hydrogen) atoms. The van der Waals surface area contributed by atoms with Gasteiger partial charge in [0.05, 0.1) is 12.0 Å². The van der Waals surface area contributed by atoms with Crippen molar-refractivity contribution in [2.75, 3.05) is 17.1 Å². The number of sulfonamides is 1. The predicted octanol–water partition coefficient (Wildman–Crippen LogP) is 4.67. The van der Waals surface area contributed by atoms with E-state index in [1.165, 1.54) is 13.2 Å². The molecular formula is C23H24N2O4S. The average molecular weight is 425 g/mol. The molecule has 0 unspecified atom stereocenters. The Hall–Kier alpha value is -3.32. The lowest BCUT2D eigenvalue weighted by molar-refractivity contribution is 0.102. The second kappa shape index (κ2) is 8.59. The first-order valence-electron chi connectivity index (χ1n) is 9.36. The Balaban J connectivity index is 1.88. The maximum absolute atomic E-state index is 12.9. The third kappa shape index (κ3) is 4.80. The number of methoxy groups -OCH3 is 1. The molecular weight excluding hydrogens is 400 g/mol. The van der Waals surface area contributed by atoms with E-state index in [1.807, 2.05) is 32.0 Å². The van der Waals surface area contributed by atoms with E-state index in [0.29, 0.717) is 22.7 Å². The normalized spacial score (nSPS) is 11.1. The van der Waals surface area contributed by atoms with Crippen LogP contribution in [0, 0.1) is 20.8 Å². The molecule has 1 amide bonds. The third-order valence-corrected chi connectivity index (χ3v) is 6.25. The van der Waals surface area contributed by atoms with Crippen LogP contribution in [0.15, 0.2) is 65.6 Å². The van der Waals surface area contributed by atoms with E-state index in [4.69, 9.17) is 4.74 Å². The van der Waals surface area contributed by atoms with Gasteiger partial charge in [-0.05, 0) is 79.9 Å². The molecule has 0 aliphatic heterocycles. The second-order valence-corrected chi connectivity index (χ2v) is 8.74. The maximum Gasteiger partial charge on any atom is 0.262 e. The Bertz CT molecular complexity index is 1190. The molecule has 0 radical (unpaired) electrons. The number of nitrogens with one attached hydrogen (secondary N) is 2. The Morgan fingerprint density at radius 2 is 1.53 bits per heavy atom. The van der Waals surface area contributed by atoms with Crippen molar-refractivity contribution in [1.29, 1.82) is 0 Å². The van der Waals surface area contributed by atoms with Crippen LogP contribution < -0.4 is 14.8 Å². The summed E-state index contributed by atoms with van der Waals surface area (Å²) in [6.07, 6.45) is 0. The van der Waals surface area contributed by atoms with Gasteiger partial charge in [0.25, 0.3) is 15.9 Å². The third-order valence-electron chi connectivity index (χ3n) is 4.72. The van der Waals surface area contributed by atoms with Crippen LogP contribution in [0.5, 0.6) is 5.75 Å². The van der Waals surface area contributed by atoms with E-state index in [0.717, 1.165) is 11.1 Å². The summed E-state index contributed by atoms with van der Waals surface area (Å²) in [5, 5.41) is 2.86. The van der Waals surface area contributed by atoms with Gasteiger partial charge in [0, 0.05) is 16.9 Å². The summed E-state index contributed by atoms with van der Waals surface area (Å²) >= 11 is 0. The summed E-state index contributed by atoms with van der Waals surface area (Å²) in [7, 11) is -2.34. The Morgan fingerprint density at radius 3 is 2.20 bits per heavy atom. The van der Waals surface area contributed by atoms with Crippen molar-refractivity contribution in [1.82, 2.24) is 0 Å². The van der Waals surface area contributed by atoms with Crippen LogP contribution in [-0.2, 0) is 10.0 Å². The highest BCUT2D eigenvalue weighted by atomic mass is 32.2. The Labute approximate surface area is 177 Å². The summed E-state index contributed by atoms with van der Waals surface area (Å²) in [5.74, 6) is 0.254. The zero-order chi connectivity index (χ0) is 21.9. The molecule has 3 aromatic rings. The molecule has 0 spiro atoms. The van der Waals surface area contributed by atoms with Crippen molar-refractivity contribution in [2.45, 2.75) is 25.7 Å². The molecule has 0 saturated carbocycles. The number of ether oxygens (including phenoxy) is 1. The molecule has 0 bridgehead atoms. The minimum absolute atomic E-state index is 0.0481. The van der Waals surface area contributed by atoms with E-state index >= 15 is 0 Å². The van der Waals surface area contributed by atoms with Gasteiger partial charge in [-0.2, -0.15) is 0 Å². The van der Waals surface area contributed by atoms with Crippen molar-refractivity contribution in [2.24, 2.45) is 0 Å². The SMILES string of the molecule is COc1ccc(NS(=O)(=O)c2cc(C(=O)Nc3cc(C)ccc3C)ccc2C)cc1. The molecule has 2 N–H and O–H groups in total. The fraction of sp³-hybridized carbons (Fsp3) is 0.174. The largest absolute Gasteiger partial charge is 0.497 e. The molecule has 0 fully saturated rings. The molecule has 0 heterocycles. The first kappa shape index (κ1) is 21.4. The fourth-order valence-electron chi connectivity index (χ4n) is 2.97. The van der Waals surface area contributed by atoms with Crippen LogP contribution in [-0.4, -0.2) is 21.4 Å². The standard InChI is InChI=1S/C23H24N2O4S/c1-15-5-6-16(2)21(13-15)24-23(26)18-8-7-17(3)22(14-18)30(27,28)25-19-9-11-20(29-4)12-10-19/h5-14,25H,1-4H3,(H,24,26). The quantitative estimate of drug-likeness (QED) is 0.602. The molecule has 7 heteroatoms. The van der Waals surface area contributed by atoms with Gasteiger partial charge >= 0.3 is 0 Å². The highest BCUT2D eigenvalue weighted by Gasteiger charge is 2.20. The van der Waals surface area contributed by atoms with Crippen molar-refractivity contribution in [3.05, 3.63) is 82.9 Å². The number of carbonyl (C=O) groups excluding carboxylic acids is 1. The monoisotopic (exact) mass is 424 g/mol. The number of hydrogen-bond donors (Lipinski definition) is 2. The smallest absolute Gasteiger partial charge is 0.262 e. The van der Waals surface area contributed by atoms with Gasteiger partial charge in [-0.1, -0.05) is 18.2 Å². The van der Waals surface area contributed by atoms with Crippen LogP contribution in [0.25, 0.3) is 0 Å². The number of hydrogen-bond acceptors (Lipinski definition) is 4. The lowest BCUT2D eigenvalue weighted by Crippen LogP contribution is -2.17. The minimum Gasteiger partial charge on any atom is -0.497 e. The van der Waals surface area contributed by atoms with Gasteiger partial charge in [-0.25, -0.2) is 8.42 Å². The number of rotatable bonds is 6. The summed E-state index contributed by atoms with van der Waals surface area (Å²) in [5.41, 5.74) is 3.85. The number of benzene rings is 3. The first-order chi connectivity index (χ1) is 14.2. The Kier molecular flexibility index (Phi) is 6.12. The first-order valence-corrected chi connectivity index (χ1v) is 10.8. The fourth-order valence-corrected chi connectivity index (χ4v) is 4.30. The molecule has 0 aromatic heterocycles. The molecule has 0 aliphatic carbocycles. The predicted molar refractivity (Wildman–Crippen MR) is 119 cm³/mol. The van der Waals surface area contributed by atoms with E-state index in [2.05, 4.69) is 10.0 Å². The summed E-state index contributed by atoms with van der Waals surface area (Å²) in [4.78, 5) is 12.8. The zero-order valence-electron chi connectivity index (χ0n) is 17.3. The van der Waals surface area contributed by atoms with Crippen LogP contribution >= 0.6 is 0 Å². The highest BCUT2D eigenvalue weighted by Crippen LogP contribution is 2.24. The molecule has 0 saturated heterocycles. The molecule has 3 aromatic carbocycles. The molecule has 0 atom stereocenters. The van der Waals surface area contributed by atoms with Gasteiger partial charge in [-0.15, -0.1) is 0 Å². The van der Waals surface area contributed by atoms with Crippen LogP contribution in [0.4, 0.5) is 11.4 Å². The van der Waals surface area contributed by atoms with E-state index in [1.54, 1.807) is 43.3 Å². The number of anilines is 2. The zero-order valence-corrected chi connectivity index (χ0v) is 18.1. The van der Waals surface area contributed by atoms with Gasteiger partial charge in [-0.3, -0.25) is 9.52 Å². The van der Waals surface area contributed by atoms with Crippen LogP contribution in [0.1, 0.15) is 27.0 Å². The van der Waals surface area contributed by atoms with Gasteiger partial charge in [0.2, 0.25) is 0 Å². The second-order valence-electron chi connectivity index (χ2n) is 7.09. The Morgan fingerprint density at radius 1 is 0.867 bits per heavy atom. The minimum atomic E-state index is -3.88. The number of carbonyl (C=O) groups is 1. The lowest BCUT2D eigenvalue weighted by Gasteiger charge is -2.13. The van der Waals surface area contributed by atoms with E-state index in [9.17, 15) is 13.2 Å². The van der Waals surface area contributed by atoms with Crippen molar-refractivity contribution >= 4 is 27.3 Å². The van der Waals surface area contributed by atoms with Crippen molar-refractivity contribution in [3.8, 4) is 5.75 Å². The lowest BCUT2D eigenvalue weighted by atomic mass is 10.1. The number of aryl methyl sites for hydroxylation is 3.